The Morgan fingerprint density at radius 1 is 1.03 bits per heavy atom. The Morgan fingerprint density at radius 2 is 1.77 bits per heavy atom. The van der Waals surface area contributed by atoms with Crippen LogP contribution < -0.4 is 10.3 Å². The van der Waals surface area contributed by atoms with Gasteiger partial charge in [0.1, 0.15) is 0 Å². The van der Waals surface area contributed by atoms with Gasteiger partial charge in [-0.1, -0.05) is 66.1 Å². The number of rotatable bonds is 5. The number of allylic oxidation sites excluding steroid dienone is 2. The first-order valence-corrected chi connectivity index (χ1v) is 11.8. The lowest BCUT2D eigenvalue weighted by Crippen LogP contribution is -2.33. The predicted octanol–water partition coefficient (Wildman–Crippen LogP) is 6.20. The zero-order valence-corrected chi connectivity index (χ0v) is 19.7. The quantitative estimate of drug-likeness (QED) is 0.354. The molecule has 0 N–H and O–H groups in total. The van der Waals surface area contributed by atoms with Crippen molar-refractivity contribution in [3.8, 4) is 0 Å². The van der Waals surface area contributed by atoms with Crippen LogP contribution in [0.3, 0.4) is 0 Å². The van der Waals surface area contributed by atoms with Gasteiger partial charge in [-0.15, -0.1) is 11.8 Å². The molecule has 0 bridgehead atoms. The molecule has 4 heteroatoms. The highest BCUT2D eigenvalue weighted by atomic mass is 32.2. The van der Waals surface area contributed by atoms with Crippen molar-refractivity contribution in [2.75, 3.05) is 11.2 Å². The minimum absolute atomic E-state index is 0.141. The van der Waals surface area contributed by atoms with E-state index in [1.807, 2.05) is 6.07 Å². The Morgan fingerprint density at radius 3 is 2.47 bits per heavy atom. The van der Waals surface area contributed by atoms with Crippen molar-refractivity contribution < 1.29 is 0 Å². The molecule has 1 unspecified atom stereocenters. The topological polar surface area (TPSA) is 16.1 Å². The molecule has 0 aliphatic carbocycles. The Kier molecular flexibility index (Phi) is 5.86. The summed E-state index contributed by atoms with van der Waals surface area (Å²) in [6.45, 7) is 9.81. The molecule has 30 heavy (non-hydrogen) atoms. The van der Waals surface area contributed by atoms with Crippen LogP contribution in [0.1, 0.15) is 30.7 Å². The Labute approximate surface area is 186 Å². The standard InChI is InChI=1S/C26H27N2PS/c1-18(19-12-14-21(30-4)15-13-19)23-17-28(16-20-8-7-11-25(29)27-20)24-10-6-5-9-22(24)26(23,2)3/h5-15,17H,1,16,29H2,2-4H3. The average molecular weight is 431 g/mol. The lowest BCUT2D eigenvalue weighted by Gasteiger charge is -2.40. The molecule has 3 aromatic rings. The van der Waals surface area contributed by atoms with Crippen LogP contribution in [0.15, 0.2) is 90.0 Å². The maximum absolute atomic E-state index is 4.69. The molecule has 0 saturated carbocycles. The molecule has 4 rings (SSSR count). The van der Waals surface area contributed by atoms with E-state index >= 15 is 0 Å². The second-order valence-electron chi connectivity index (χ2n) is 8.07. The smallest absolute Gasteiger partial charge is 0.0648 e. The fourth-order valence-corrected chi connectivity index (χ4v) is 4.76. The van der Waals surface area contributed by atoms with Crippen LogP contribution in [-0.4, -0.2) is 11.2 Å². The van der Waals surface area contributed by atoms with E-state index in [2.05, 4.69) is 108 Å². The second-order valence-corrected chi connectivity index (χ2v) is 9.54. The fourth-order valence-electron chi connectivity index (χ4n) is 4.08. The second kappa shape index (κ2) is 8.41. The Bertz CT molecular complexity index is 1120. The van der Waals surface area contributed by atoms with E-state index in [4.69, 9.17) is 4.98 Å². The first-order chi connectivity index (χ1) is 14.4. The summed E-state index contributed by atoms with van der Waals surface area (Å²) in [6, 6.07) is 23.5. The van der Waals surface area contributed by atoms with Gasteiger partial charge < -0.3 is 4.90 Å². The third-order valence-corrected chi connectivity index (χ3v) is 6.83. The minimum Gasteiger partial charge on any atom is -0.341 e. The molecule has 0 spiro atoms. The summed E-state index contributed by atoms with van der Waals surface area (Å²) in [7, 11) is 2.69. The van der Waals surface area contributed by atoms with E-state index in [9.17, 15) is 0 Å². The van der Waals surface area contributed by atoms with Crippen LogP contribution in [0, 0.1) is 0 Å². The maximum Gasteiger partial charge on any atom is 0.0648 e. The summed E-state index contributed by atoms with van der Waals surface area (Å²) in [5.74, 6) is 0. The van der Waals surface area contributed by atoms with Crippen LogP contribution in [0.2, 0.25) is 0 Å². The lowest BCUT2D eigenvalue weighted by atomic mass is 9.71. The third-order valence-electron chi connectivity index (χ3n) is 5.77. The van der Waals surface area contributed by atoms with E-state index in [0.717, 1.165) is 28.8 Å². The zero-order chi connectivity index (χ0) is 21.3. The Hall–Kier alpha value is -2.35. The van der Waals surface area contributed by atoms with Gasteiger partial charge in [-0.25, -0.2) is 0 Å². The maximum atomic E-state index is 4.69. The molecule has 2 aromatic carbocycles. The number of fused-ring (bicyclic) bond motifs is 1. The van der Waals surface area contributed by atoms with Crippen molar-refractivity contribution in [1.82, 2.24) is 4.98 Å². The summed E-state index contributed by atoms with van der Waals surface area (Å²) < 4.78 is 0. The van der Waals surface area contributed by atoms with Crippen LogP contribution in [0.25, 0.3) is 5.57 Å². The first-order valence-electron chi connectivity index (χ1n) is 10.0. The van der Waals surface area contributed by atoms with E-state index < -0.39 is 0 Å². The number of benzene rings is 2. The number of nitrogens with zero attached hydrogens (tertiary/aromatic N) is 2. The molecule has 1 atom stereocenters. The molecule has 2 heterocycles. The molecule has 1 aliphatic rings. The average Bonchev–Trinajstić information content (AvgIpc) is 2.75. The normalized spacial score (nSPS) is 14.8. The molecule has 2 nitrogen and oxygen atoms in total. The van der Waals surface area contributed by atoms with Crippen LogP contribution in [0.4, 0.5) is 5.69 Å². The van der Waals surface area contributed by atoms with Crippen LogP contribution in [0.5, 0.6) is 0 Å². The predicted molar refractivity (Wildman–Crippen MR) is 135 cm³/mol. The van der Waals surface area contributed by atoms with E-state index in [-0.39, 0.29) is 5.41 Å². The molecule has 1 aromatic heterocycles. The van der Waals surface area contributed by atoms with E-state index in [0.29, 0.717) is 0 Å². The van der Waals surface area contributed by atoms with Gasteiger partial charge in [0.05, 0.1) is 17.7 Å². The first kappa shape index (κ1) is 20.9. The lowest BCUT2D eigenvalue weighted by molar-refractivity contribution is 0.623. The number of hydrogen-bond donors (Lipinski definition) is 0. The molecule has 1 aliphatic heterocycles. The molecular weight excluding hydrogens is 403 g/mol. The van der Waals surface area contributed by atoms with Gasteiger partial charge in [0.15, 0.2) is 0 Å². The number of aromatic nitrogens is 1. The number of anilines is 1. The highest BCUT2D eigenvalue weighted by Gasteiger charge is 2.35. The molecule has 0 radical (unpaired) electrons. The highest BCUT2D eigenvalue weighted by Crippen LogP contribution is 2.46. The largest absolute Gasteiger partial charge is 0.341 e. The van der Waals surface area contributed by atoms with Crippen LogP contribution in [-0.2, 0) is 12.0 Å². The summed E-state index contributed by atoms with van der Waals surface area (Å²) in [4.78, 5) is 8.26. The highest BCUT2D eigenvalue weighted by molar-refractivity contribution is 7.98. The summed E-state index contributed by atoms with van der Waals surface area (Å²) >= 11 is 1.76. The summed E-state index contributed by atoms with van der Waals surface area (Å²) in [5, 5.41) is 0. The van der Waals surface area contributed by atoms with Gasteiger partial charge in [-0.05, 0) is 58.9 Å². The van der Waals surface area contributed by atoms with Crippen molar-refractivity contribution in [3.63, 3.8) is 0 Å². The molecular formula is C26H27N2PS. The summed E-state index contributed by atoms with van der Waals surface area (Å²) in [6.07, 6.45) is 4.37. The van der Waals surface area contributed by atoms with Crippen molar-refractivity contribution in [2.24, 2.45) is 0 Å². The molecule has 0 fully saturated rings. The number of hydrogen-bond acceptors (Lipinski definition) is 3. The van der Waals surface area contributed by atoms with Crippen molar-refractivity contribution in [2.45, 2.75) is 30.7 Å². The van der Waals surface area contributed by atoms with E-state index in [1.54, 1.807) is 11.8 Å². The van der Waals surface area contributed by atoms with Gasteiger partial charge in [0.25, 0.3) is 0 Å². The number of thioether (sulfide) groups is 1. The van der Waals surface area contributed by atoms with Gasteiger partial charge in [-0.3, -0.25) is 4.98 Å². The Balaban J connectivity index is 1.77. The SMILES string of the molecule is C=C(C1=CN(Cc2cccc(P)n2)c2ccccc2C1(C)C)c1ccc(SC)cc1. The van der Waals surface area contributed by atoms with Crippen LogP contribution >= 0.6 is 21.0 Å². The van der Waals surface area contributed by atoms with Gasteiger partial charge >= 0.3 is 0 Å². The summed E-state index contributed by atoms with van der Waals surface area (Å²) in [5.41, 5.74) is 7.87. The monoisotopic (exact) mass is 430 g/mol. The van der Waals surface area contributed by atoms with Crippen molar-refractivity contribution in [1.29, 1.82) is 0 Å². The minimum atomic E-state index is -0.141. The zero-order valence-electron chi connectivity index (χ0n) is 17.7. The molecule has 0 saturated heterocycles. The van der Waals surface area contributed by atoms with Gasteiger partial charge in [0.2, 0.25) is 0 Å². The van der Waals surface area contributed by atoms with Crippen molar-refractivity contribution >= 4 is 37.7 Å². The van der Waals surface area contributed by atoms with Crippen molar-refractivity contribution in [3.05, 3.63) is 102 Å². The van der Waals surface area contributed by atoms with E-state index in [1.165, 1.54) is 21.7 Å². The fraction of sp³-hybridized carbons (Fsp3) is 0.192. The number of pyridine rings is 1. The molecule has 152 valence electrons. The van der Waals surface area contributed by atoms with Gasteiger partial charge in [-0.2, -0.15) is 0 Å². The third kappa shape index (κ3) is 3.97. The number of para-hydroxylation sites is 1. The van der Waals surface area contributed by atoms with Gasteiger partial charge in [0, 0.05) is 22.2 Å². The molecule has 0 amide bonds.